The van der Waals surface area contributed by atoms with Crippen molar-refractivity contribution in [3.05, 3.63) is 46.9 Å². The zero-order chi connectivity index (χ0) is 11.1. The first-order chi connectivity index (χ1) is 7.77. The van der Waals surface area contributed by atoms with Crippen molar-refractivity contribution in [2.45, 2.75) is 12.5 Å². The van der Waals surface area contributed by atoms with E-state index in [1.165, 1.54) is 22.1 Å². The molecule has 2 aliphatic rings. The summed E-state index contributed by atoms with van der Waals surface area (Å²) in [6.45, 7) is 0. The van der Waals surface area contributed by atoms with Gasteiger partial charge in [0.2, 0.25) is 0 Å². The molecule has 0 bridgehead atoms. The Labute approximate surface area is 90.4 Å². The van der Waals surface area contributed by atoms with Gasteiger partial charge in [0, 0.05) is 12.4 Å². The van der Waals surface area contributed by atoms with Crippen LogP contribution in [-0.4, -0.2) is 21.8 Å². The first-order valence-electron chi connectivity index (χ1n) is 4.91. The average Bonchev–Trinajstić information content (AvgIpc) is 2.81. The number of aromatic amines is 1. The Morgan fingerprint density at radius 2 is 2.31 bits per heavy atom. The van der Waals surface area contributed by atoms with Gasteiger partial charge in [-0.05, 0) is 12.5 Å². The highest BCUT2D eigenvalue weighted by molar-refractivity contribution is 5.84. The fourth-order valence-corrected chi connectivity index (χ4v) is 1.92. The Balaban J connectivity index is 2.06. The summed E-state index contributed by atoms with van der Waals surface area (Å²) in [6, 6.07) is -0.217. The topological polar surface area (TPSA) is 67.3 Å². The van der Waals surface area contributed by atoms with Gasteiger partial charge in [0.15, 0.2) is 0 Å². The third-order valence-electron chi connectivity index (χ3n) is 2.63. The van der Waals surface area contributed by atoms with Crippen LogP contribution in [-0.2, 0) is 4.74 Å². The monoisotopic (exact) mass is 219 g/mol. The maximum Gasteiger partial charge on any atom is 0.435 e. The summed E-state index contributed by atoms with van der Waals surface area (Å²) in [4.78, 5) is 25.6. The molecule has 6 heteroatoms. The van der Waals surface area contributed by atoms with Crippen LogP contribution in [0.5, 0.6) is 0 Å². The average molecular weight is 219 g/mol. The zero-order valence-corrected chi connectivity index (χ0v) is 8.29. The van der Waals surface area contributed by atoms with Gasteiger partial charge in [-0.25, -0.2) is 14.3 Å². The molecule has 82 valence electrons. The van der Waals surface area contributed by atoms with Crippen molar-refractivity contribution < 1.29 is 9.53 Å². The molecule has 1 fully saturated rings. The summed E-state index contributed by atoms with van der Waals surface area (Å²) in [7, 11) is 0. The molecule has 1 amide bonds. The number of imidazole rings is 1. The number of hydrogen-bond acceptors (Lipinski definition) is 3. The van der Waals surface area contributed by atoms with E-state index < -0.39 is 6.09 Å². The number of carbonyl (C=O) groups excluding carboxylic acids is 1. The van der Waals surface area contributed by atoms with Crippen LogP contribution in [0.25, 0.3) is 0 Å². The largest absolute Gasteiger partial charge is 0.435 e. The van der Waals surface area contributed by atoms with Gasteiger partial charge in [-0.3, -0.25) is 0 Å². The van der Waals surface area contributed by atoms with E-state index in [1.807, 2.05) is 12.2 Å². The van der Waals surface area contributed by atoms with E-state index in [4.69, 9.17) is 4.74 Å². The Morgan fingerprint density at radius 1 is 1.44 bits per heavy atom. The second-order valence-corrected chi connectivity index (χ2v) is 3.57. The molecule has 0 saturated carbocycles. The van der Waals surface area contributed by atoms with Gasteiger partial charge in [0.05, 0.1) is 0 Å². The number of fused-ring (bicyclic) bond motifs is 1. The first kappa shape index (κ1) is 9.02. The van der Waals surface area contributed by atoms with Crippen LogP contribution in [0.1, 0.15) is 6.42 Å². The van der Waals surface area contributed by atoms with Crippen LogP contribution < -0.4 is 10.7 Å². The van der Waals surface area contributed by atoms with Crippen LogP contribution in [0.3, 0.4) is 0 Å². The number of nitrogens with one attached hydrogen (secondary N) is 1. The van der Waals surface area contributed by atoms with E-state index in [2.05, 4.69) is 4.98 Å². The molecule has 0 radical (unpaired) electrons. The minimum absolute atomic E-state index is 0.217. The van der Waals surface area contributed by atoms with Gasteiger partial charge < -0.3 is 9.72 Å². The smallest absolute Gasteiger partial charge is 0.411 e. The standard InChI is InChI=1S/C10H9N3O3/c14-9-11-5-6-12(9)13-7-3-1-2-4-8(7)16-10(13)15/h1-2,4-7H,3H2,(H,11,14). The lowest BCUT2D eigenvalue weighted by Gasteiger charge is -2.20. The molecule has 1 N–H and O–H groups in total. The van der Waals surface area contributed by atoms with Crippen molar-refractivity contribution in [2.24, 2.45) is 0 Å². The van der Waals surface area contributed by atoms with E-state index in [-0.39, 0.29) is 11.7 Å². The molecule has 1 aromatic heterocycles. The fraction of sp³-hybridized carbons (Fsp3) is 0.200. The number of aromatic nitrogens is 2. The summed E-state index contributed by atoms with van der Waals surface area (Å²) in [5, 5.41) is 1.31. The van der Waals surface area contributed by atoms with E-state index in [0.29, 0.717) is 12.2 Å². The Kier molecular flexibility index (Phi) is 1.76. The zero-order valence-electron chi connectivity index (χ0n) is 8.29. The lowest BCUT2D eigenvalue weighted by molar-refractivity contribution is 0.195. The third-order valence-corrected chi connectivity index (χ3v) is 2.63. The van der Waals surface area contributed by atoms with E-state index in [9.17, 15) is 9.59 Å². The molecule has 1 saturated heterocycles. The molecule has 0 spiro atoms. The van der Waals surface area contributed by atoms with Crippen molar-refractivity contribution in [1.29, 1.82) is 0 Å². The van der Waals surface area contributed by atoms with Crippen LogP contribution in [0.4, 0.5) is 4.79 Å². The highest BCUT2D eigenvalue weighted by atomic mass is 16.6. The van der Waals surface area contributed by atoms with Crippen molar-refractivity contribution in [1.82, 2.24) is 9.66 Å². The predicted octanol–water partition coefficient (Wildman–Crippen LogP) is 0.477. The number of ether oxygens (including phenoxy) is 1. The molecular formula is C10H9N3O3. The summed E-state index contributed by atoms with van der Waals surface area (Å²) in [6.07, 6.45) is 8.62. The lowest BCUT2D eigenvalue weighted by Crippen LogP contribution is -2.46. The minimum Gasteiger partial charge on any atom is -0.411 e. The molecule has 6 nitrogen and oxygen atoms in total. The van der Waals surface area contributed by atoms with Crippen LogP contribution >= 0.6 is 0 Å². The fourth-order valence-electron chi connectivity index (χ4n) is 1.92. The molecular weight excluding hydrogens is 210 g/mol. The van der Waals surface area contributed by atoms with E-state index in [1.54, 1.807) is 6.08 Å². The number of rotatable bonds is 1. The van der Waals surface area contributed by atoms with Gasteiger partial charge in [0.1, 0.15) is 11.8 Å². The second-order valence-electron chi connectivity index (χ2n) is 3.57. The van der Waals surface area contributed by atoms with Gasteiger partial charge in [-0.1, -0.05) is 12.2 Å². The predicted molar refractivity (Wildman–Crippen MR) is 55.4 cm³/mol. The Hall–Kier alpha value is -2.24. The highest BCUT2D eigenvalue weighted by Crippen LogP contribution is 2.26. The summed E-state index contributed by atoms with van der Waals surface area (Å²) < 4.78 is 6.31. The van der Waals surface area contributed by atoms with Gasteiger partial charge in [-0.15, -0.1) is 0 Å². The van der Waals surface area contributed by atoms with Gasteiger partial charge >= 0.3 is 11.8 Å². The number of carbonyl (C=O) groups is 1. The van der Waals surface area contributed by atoms with Gasteiger partial charge in [0.25, 0.3) is 0 Å². The van der Waals surface area contributed by atoms with E-state index >= 15 is 0 Å². The number of nitrogens with zero attached hydrogens (tertiary/aromatic N) is 2. The molecule has 1 unspecified atom stereocenters. The molecule has 3 rings (SSSR count). The van der Waals surface area contributed by atoms with Crippen LogP contribution in [0.15, 0.2) is 41.2 Å². The lowest BCUT2D eigenvalue weighted by atomic mass is 10.1. The molecule has 0 aromatic carbocycles. The number of H-pyrrole nitrogens is 1. The maximum absolute atomic E-state index is 11.7. The summed E-state index contributed by atoms with van der Waals surface area (Å²) in [5.41, 5.74) is -0.354. The van der Waals surface area contributed by atoms with Crippen LogP contribution in [0, 0.1) is 0 Å². The molecule has 1 atom stereocenters. The number of allylic oxidation sites excluding steroid dienone is 2. The third kappa shape index (κ3) is 1.13. The second kappa shape index (κ2) is 3.13. The Bertz CT molecular complexity index is 552. The molecule has 16 heavy (non-hydrogen) atoms. The quantitative estimate of drug-likeness (QED) is 0.746. The van der Waals surface area contributed by atoms with Crippen LogP contribution in [0.2, 0.25) is 0 Å². The number of amides is 1. The van der Waals surface area contributed by atoms with Crippen molar-refractivity contribution in [3.63, 3.8) is 0 Å². The SMILES string of the molecule is O=C1OC2=CC=CCC2N1n1cc[nH]c1=O. The summed E-state index contributed by atoms with van der Waals surface area (Å²) >= 11 is 0. The molecule has 1 aliphatic carbocycles. The maximum atomic E-state index is 11.7. The highest BCUT2D eigenvalue weighted by Gasteiger charge is 2.39. The normalized spacial score (nSPS) is 23.0. The number of hydrogen-bond donors (Lipinski definition) is 1. The Morgan fingerprint density at radius 3 is 3.06 bits per heavy atom. The van der Waals surface area contributed by atoms with Crippen molar-refractivity contribution in [3.8, 4) is 0 Å². The first-order valence-corrected chi connectivity index (χ1v) is 4.91. The molecule has 2 heterocycles. The summed E-state index contributed by atoms with van der Waals surface area (Å²) in [5.74, 6) is 0.584. The minimum atomic E-state index is -0.526. The molecule has 1 aliphatic heterocycles. The van der Waals surface area contributed by atoms with Crippen molar-refractivity contribution in [2.75, 3.05) is 5.01 Å². The van der Waals surface area contributed by atoms with E-state index in [0.717, 1.165) is 0 Å². The van der Waals surface area contributed by atoms with Crippen molar-refractivity contribution >= 4 is 6.09 Å². The van der Waals surface area contributed by atoms with Gasteiger partial charge in [-0.2, -0.15) is 5.01 Å². The molecule has 1 aromatic rings.